The van der Waals surface area contributed by atoms with E-state index >= 15 is 0 Å². The van der Waals surface area contributed by atoms with Crippen molar-refractivity contribution in [2.45, 2.75) is 26.3 Å². The summed E-state index contributed by atoms with van der Waals surface area (Å²) in [4.78, 5) is 54.5. The van der Waals surface area contributed by atoms with E-state index in [1.165, 1.54) is 0 Å². The van der Waals surface area contributed by atoms with E-state index in [1.807, 2.05) is 0 Å². The van der Waals surface area contributed by atoms with Crippen molar-refractivity contribution in [2.24, 2.45) is 5.92 Å². The molecule has 2 atom stereocenters. The summed E-state index contributed by atoms with van der Waals surface area (Å²) in [7, 11) is 1.57. The summed E-state index contributed by atoms with van der Waals surface area (Å²) in [5.74, 6) is -0.506. The van der Waals surface area contributed by atoms with Crippen LogP contribution < -0.4 is 15.0 Å². The van der Waals surface area contributed by atoms with Gasteiger partial charge < -0.3 is 29.5 Å². The third-order valence-corrected chi connectivity index (χ3v) is 5.73. The van der Waals surface area contributed by atoms with Crippen LogP contribution in [0.5, 0.6) is 5.75 Å². The van der Waals surface area contributed by atoms with Gasteiger partial charge in [-0.2, -0.15) is 0 Å². The van der Waals surface area contributed by atoms with Crippen molar-refractivity contribution < 1.29 is 28.7 Å². The number of nitrogens with zero attached hydrogens (tertiary/aromatic N) is 3. The lowest BCUT2D eigenvalue weighted by Gasteiger charge is -2.35. The van der Waals surface area contributed by atoms with Crippen LogP contribution in [0.1, 0.15) is 20.3 Å². The SMILES string of the molecule is CCOC(=O)N1CCN(C(=O)[C@H](C)NC(=O)[C@H]2CC(=O)N(c3ccc(OC)cc3)C2)CC1. The molecule has 0 radical (unpaired) electrons. The molecule has 0 aromatic heterocycles. The number of carbonyl (C=O) groups is 4. The van der Waals surface area contributed by atoms with E-state index in [4.69, 9.17) is 9.47 Å². The summed E-state index contributed by atoms with van der Waals surface area (Å²) in [5, 5.41) is 2.75. The molecule has 1 N–H and O–H groups in total. The molecule has 174 valence electrons. The minimum atomic E-state index is -0.721. The van der Waals surface area contributed by atoms with E-state index in [2.05, 4.69) is 5.32 Å². The first-order chi connectivity index (χ1) is 15.3. The van der Waals surface area contributed by atoms with Gasteiger partial charge >= 0.3 is 6.09 Å². The van der Waals surface area contributed by atoms with Crippen molar-refractivity contribution in [1.82, 2.24) is 15.1 Å². The molecule has 2 heterocycles. The second kappa shape index (κ2) is 10.3. The zero-order chi connectivity index (χ0) is 23.3. The zero-order valence-electron chi connectivity index (χ0n) is 18.7. The normalized spacial score (nSPS) is 19.5. The van der Waals surface area contributed by atoms with Gasteiger partial charge in [-0.15, -0.1) is 0 Å². The lowest BCUT2D eigenvalue weighted by atomic mass is 10.1. The maximum absolute atomic E-state index is 12.7. The van der Waals surface area contributed by atoms with Crippen LogP contribution in [0.25, 0.3) is 0 Å². The van der Waals surface area contributed by atoms with Gasteiger partial charge in [0.1, 0.15) is 11.8 Å². The van der Waals surface area contributed by atoms with Crippen molar-refractivity contribution in [1.29, 1.82) is 0 Å². The topological polar surface area (TPSA) is 108 Å². The van der Waals surface area contributed by atoms with Crippen LogP contribution in [-0.2, 0) is 19.1 Å². The number of piperazine rings is 1. The van der Waals surface area contributed by atoms with E-state index in [1.54, 1.807) is 59.9 Å². The number of ether oxygens (including phenoxy) is 2. The molecule has 2 aliphatic heterocycles. The van der Waals surface area contributed by atoms with Gasteiger partial charge in [0.05, 0.1) is 19.6 Å². The van der Waals surface area contributed by atoms with Crippen LogP contribution in [-0.4, -0.2) is 86.1 Å². The molecule has 32 heavy (non-hydrogen) atoms. The Morgan fingerprint density at radius 1 is 1.09 bits per heavy atom. The smallest absolute Gasteiger partial charge is 0.409 e. The average Bonchev–Trinajstić information content (AvgIpc) is 3.20. The molecule has 0 bridgehead atoms. The third-order valence-electron chi connectivity index (χ3n) is 5.73. The Morgan fingerprint density at radius 3 is 2.31 bits per heavy atom. The Balaban J connectivity index is 1.50. The quantitative estimate of drug-likeness (QED) is 0.694. The van der Waals surface area contributed by atoms with Gasteiger partial charge in [-0.1, -0.05) is 0 Å². The molecule has 2 fully saturated rings. The summed E-state index contributed by atoms with van der Waals surface area (Å²) in [5.41, 5.74) is 0.703. The number of anilines is 1. The highest BCUT2D eigenvalue weighted by molar-refractivity contribution is 6.01. The van der Waals surface area contributed by atoms with Crippen LogP contribution >= 0.6 is 0 Å². The van der Waals surface area contributed by atoms with Gasteiger partial charge in [-0.3, -0.25) is 14.4 Å². The largest absolute Gasteiger partial charge is 0.497 e. The van der Waals surface area contributed by atoms with Gasteiger partial charge in [0.15, 0.2) is 0 Å². The van der Waals surface area contributed by atoms with E-state index in [0.29, 0.717) is 44.2 Å². The fourth-order valence-corrected chi connectivity index (χ4v) is 3.89. The van der Waals surface area contributed by atoms with Crippen LogP contribution in [0.4, 0.5) is 10.5 Å². The van der Waals surface area contributed by atoms with Gasteiger partial charge in [0.2, 0.25) is 17.7 Å². The van der Waals surface area contributed by atoms with Crippen LogP contribution in [0.2, 0.25) is 0 Å². The Hall–Kier alpha value is -3.30. The first-order valence-electron chi connectivity index (χ1n) is 10.8. The highest BCUT2D eigenvalue weighted by Gasteiger charge is 2.36. The molecular weight excluding hydrogens is 416 g/mol. The van der Waals surface area contributed by atoms with E-state index < -0.39 is 12.0 Å². The number of hydrogen-bond acceptors (Lipinski definition) is 6. The van der Waals surface area contributed by atoms with E-state index in [9.17, 15) is 19.2 Å². The number of methoxy groups -OCH3 is 1. The number of amides is 4. The number of rotatable bonds is 6. The summed E-state index contributed by atoms with van der Waals surface area (Å²) < 4.78 is 10.1. The minimum absolute atomic E-state index is 0.0942. The molecule has 3 rings (SSSR count). The maximum Gasteiger partial charge on any atom is 0.409 e. The van der Waals surface area contributed by atoms with Gasteiger partial charge in [0.25, 0.3) is 0 Å². The number of benzene rings is 1. The molecule has 1 aromatic rings. The van der Waals surface area contributed by atoms with Crippen molar-refractivity contribution in [3.63, 3.8) is 0 Å². The molecule has 2 saturated heterocycles. The highest BCUT2D eigenvalue weighted by atomic mass is 16.6. The fourth-order valence-electron chi connectivity index (χ4n) is 3.89. The molecule has 1 aromatic carbocycles. The minimum Gasteiger partial charge on any atom is -0.497 e. The molecule has 0 spiro atoms. The van der Waals surface area contributed by atoms with Crippen molar-refractivity contribution in [3.8, 4) is 5.75 Å². The van der Waals surface area contributed by atoms with Crippen molar-refractivity contribution in [2.75, 3.05) is 51.3 Å². The number of carbonyl (C=O) groups excluding carboxylic acids is 4. The standard InChI is InChI=1S/C22H30N4O6/c1-4-32-22(30)25-11-9-24(10-12-25)21(29)15(2)23-20(28)16-13-19(27)26(14-16)17-5-7-18(31-3)8-6-17/h5-8,15-16H,4,9-14H2,1-3H3,(H,23,28)/t15-,16-/m0/s1. The van der Waals surface area contributed by atoms with Crippen LogP contribution in [0.15, 0.2) is 24.3 Å². The predicted molar refractivity (Wildman–Crippen MR) is 116 cm³/mol. The lowest BCUT2D eigenvalue weighted by molar-refractivity contribution is -0.138. The van der Waals surface area contributed by atoms with Crippen LogP contribution in [0, 0.1) is 5.92 Å². The molecule has 0 unspecified atom stereocenters. The fraction of sp³-hybridized carbons (Fsp3) is 0.545. The average molecular weight is 447 g/mol. The zero-order valence-corrected chi connectivity index (χ0v) is 18.7. The molecule has 0 saturated carbocycles. The second-order valence-electron chi connectivity index (χ2n) is 7.84. The van der Waals surface area contributed by atoms with E-state index in [-0.39, 0.29) is 36.8 Å². The molecule has 2 aliphatic rings. The summed E-state index contributed by atoms with van der Waals surface area (Å²) in [6.07, 6.45) is -0.287. The van der Waals surface area contributed by atoms with Gasteiger partial charge in [-0.25, -0.2) is 4.79 Å². The maximum atomic E-state index is 12.7. The monoisotopic (exact) mass is 446 g/mol. The van der Waals surface area contributed by atoms with Crippen molar-refractivity contribution >= 4 is 29.5 Å². The molecule has 4 amide bonds. The number of nitrogens with one attached hydrogen (secondary N) is 1. The Bertz CT molecular complexity index is 850. The van der Waals surface area contributed by atoms with Crippen molar-refractivity contribution in [3.05, 3.63) is 24.3 Å². The Labute approximate surface area is 187 Å². The Kier molecular flexibility index (Phi) is 7.55. The first-order valence-corrected chi connectivity index (χ1v) is 10.8. The van der Waals surface area contributed by atoms with Gasteiger partial charge in [-0.05, 0) is 38.1 Å². The number of hydrogen-bond donors (Lipinski definition) is 1. The van der Waals surface area contributed by atoms with Crippen LogP contribution in [0.3, 0.4) is 0 Å². The van der Waals surface area contributed by atoms with Gasteiger partial charge in [0, 0.05) is 44.8 Å². The molecule has 0 aliphatic carbocycles. The summed E-state index contributed by atoms with van der Waals surface area (Å²) in [6.45, 7) is 5.48. The highest BCUT2D eigenvalue weighted by Crippen LogP contribution is 2.27. The Morgan fingerprint density at radius 2 is 1.72 bits per heavy atom. The second-order valence-corrected chi connectivity index (χ2v) is 7.84. The molecular formula is C22H30N4O6. The predicted octanol–water partition coefficient (Wildman–Crippen LogP) is 0.854. The molecule has 10 heteroatoms. The summed E-state index contributed by atoms with van der Waals surface area (Å²) >= 11 is 0. The first kappa shape index (κ1) is 23.4. The molecule has 10 nitrogen and oxygen atoms in total. The summed E-state index contributed by atoms with van der Waals surface area (Å²) in [6, 6.07) is 6.36. The lowest BCUT2D eigenvalue weighted by Crippen LogP contribution is -2.55. The van der Waals surface area contributed by atoms with E-state index in [0.717, 1.165) is 0 Å². The third kappa shape index (κ3) is 5.30.